The van der Waals surface area contributed by atoms with Crippen LogP contribution in [0.3, 0.4) is 0 Å². The molecule has 0 aliphatic rings. The van der Waals surface area contributed by atoms with Crippen molar-refractivity contribution in [2.75, 3.05) is 5.32 Å². The molecule has 0 saturated heterocycles. The number of nitrogens with zero attached hydrogens (tertiary/aromatic N) is 1. The first-order valence-electron chi connectivity index (χ1n) is 4.70. The van der Waals surface area contributed by atoms with Crippen molar-refractivity contribution in [3.8, 4) is 0 Å². The van der Waals surface area contributed by atoms with Crippen LogP contribution in [0.25, 0.3) is 0 Å². The standard InChI is InChI=1S/C11H5BrCl3FN2/c12-6-1-2-8(10(15)9(6)14)18-11-7(16)3-5(13)4-17-11/h1-4H,(H,17,18). The zero-order valence-corrected chi connectivity index (χ0v) is 12.5. The lowest BCUT2D eigenvalue weighted by atomic mass is 10.3. The summed E-state index contributed by atoms with van der Waals surface area (Å²) in [6.07, 6.45) is 1.33. The van der Waals surface area contributed by atoms with E-state index in [1.165, 1.54) is 6.20 Å². The fraction of sp³-hybridized carbons (Fsp3) is 0. The van der Waals surface area contributed by atoms with E-state index in [1.54, 1.807) is 12.1 Å². The monoisotopic (exact) mass is 368 g/mol. The zero-order valence-electron chi connectivity index (χ0n) is 8.65. The van der Waals surface area contributed by atoms with Crippen molar-refractivity contribution >= 4 is 62.2 Å². The summed E-state index contributed by atoms with van der Waals surface area (Å²) in [5.41, 5.74) is 0.457. The molecule has 1 aromatic carbocycles. The van der Waals surface area contributed by atoms with E-state index in [0.29, 0.717) is 15.2 Å². The van der Waals surface area contributed by atoms with Gasteiger partial charge in [-0.15, -0.1) is 0 Å². The van der Waals surface area contributed by atoms with Gasteiger partial charge in [0, 0.05) is 10.7 Å². The highest BCUT2D eigenvalue weighted by atomic mass is 79.9. The van der Waals surface area contributed by atoms with Crippen LogP contribution in [0.1, 0.15) is 0 Å². The van der Waals surface area contributed by atoms with Crippen molar-refractivity contribution in [1.82, 2.24) is 4.98 Å². The SMILES string of the molecule is Fc1cc(Cl)cnc1Nc1ccc(Br)c(Cl)c1Cl. The molecule has 0 unspecified atom stereocenters. The minimum Gasteiger partial charge on any atom is -0.337 e. The number of aromatic nitrogens is 1. The molecule has 94 valence electrons. The van der Waals surface area contributed by atoms with Gasteiger partial charge in [0.05, 0.1) is 20.8 Å². The van der Waals surface area contributed by atoms with E-state index in [-0.39, 0.29) is 15.9 Å². The summed E-state index contributed by atoms with van der Waals surface area (Å²) in [4.78, 5) is 3.83. The maximum atomic E-state index is 13.6. The quantitative estimate of drug-likeness (QED) is 0.687. The van der Waals surface area contributed by atoms with E-state index in [9.17, 15) is 4.39 Å². The molecular formula is C11H5BrCl3FN2. The second-order valence-electron chi connectivity index (χ2n) is 3.33. The smallest absolute Gasteiger partial charge is 0.167 e. The predicted octanol–water partition coefficient (Wildman–Crippen LogP) is 5.69. The Morgan fingerprint density at radius 1 is 1.17 bits per heavy atom. The molecular weight excluding hydrogens is 365 g/mol. The van der Waals surface area contributed by atoms with Crippen molar-refractivity contribution < 1.29 is 4.39 Å². The third-order valence-electron chi connectivity index (χ3n) is 2.10. The molecule has 1 N–H and O–H groups in total. The van der Waals surface area contributed by atoms with E-state index in [0.717, 1.165) is 6.07 Å². The molecule has 0 saturated carbocycles. The summed E-state index contributed by atoms with van der Waals surface area (Å²) >= 11 is 20.8. The van der Waals surface area contributed by atoms with Gasteiger partial charge >= 0.3 is 0 Å². The Labute approximate surface area is 126 Å². The van der Waals surface area contributed by atoms with Gasteiger partial charge < -0.3 is 5.32 Å². The molecule has 0 aliphatic carbocycles. The molecule has 0 fully saturated rings. The van der Waals surface area contributed by atoms with Crippen LogP contribution in [0.4, 0.5) is 15.9 Å². The van der Waals surface area contributed by atoms with E-state index in [4.69, 9.17) is 34.8 Å². The lowest BCUT2D eigenvalue weighted by Crippen LogP contribution is -1.97. The van der Waals surface area contributed by atoms with Crippen LogP contribution < -0.4 is 5.32 Å². The molecule has 2 rings (SSSR count). The first-order valence-corrected chi connectivity index (χ1v) is 6.63. The van der Waals surface area contributed by atoms with Crippen LogP contribution in [0.15, 0.2) is 28.9 Å². The lowest BCUT2D eigenvalue weighted by molar-refractivity contribution is 0.626. The minimum absolute atomic E-state index is 0.0275. The molecule has 0 aliphatic heterocycles. The number of hydrogen-bond donors (Lipinski definition) is 1. The topological polar surface area (TPSA) is 24.9 Å². The number of hydrogen-bond acceptors (Lipinski definition) is 2. The second kappa shape index (κ2) is 5.61. The lowest BCUT2D eigenvalue weighted by Gasteiger charge is -2.10. The van der Waals surface area contributed by atoms with Gasteiger partial charge in [-0.05, 0) is 34.1 Å². The summed E-state index contributed by atoms with van der Waals surface area (Å²) in [6.45, 7) is 0. The van der Waals surface area contributed by atoms with Crippen LogP contribution in [0.2, 0.25) is 15.1 Å². The molecule has 2 nitrogen and oxygen atoms in total. The Hall–Kier alpha value is -0.550. The molecule has 1 heterocycles. The average Bonchev–Trinajstić information content (AvgIpc) is 2.33. The highest BCUT2D eigenvalue weighted by Gasteiger charge is 2.11. The summed E-state index contributed by atoms with van der Waals surface area (Å²) in [6, 6.07) is 4.52. The third-order valence-corrected chi connectivity index (χ3v) is 4.07. The fourth-order valence-corrected chi connectivity index (χ4v) is 2.22. The molecule has 2 aromatic rings. The number of rotatable bonds is 2. The largest absolute Gasteiger partial charge is 0.337 e. The van der Waals surface area contributed by atoms with Gasteiger partial charge in [0.1, 0.15) is 0 Å². The van der Waals surface area contributed by atoms with Gasteiger partial charge in [0.15, 0.2) is 11.6 Å². The zero-order chi connectivity index (χ0) is 13.3. The average molecular weight is 370 g/mol. The Morgan fingerprint density at radius 2 is 1.89 bits per heavy atom. The summed E-state index contributed by atoms with van der Waals surface area (Å²) in [5.74, 6) is -0.544. The second-order valence-corrected chi connectivity index (χ2v) is 5.38. The minimum atomic E-state index is -0.572. The Morgan fingerprint density at radius 3 is 2.56 bits per heavy atom. The highest BCUT2D eigenvalue weighted by Crippen LogP contribution is 2.37. The fourth-order valence-electron chi connectivity index (χ4n) is 1.26. The molecule has 1 aromatic heterocycles. The number of halogens is 5. The van der Waals surface area contributed by atoms with Gasteiger partial charge in [-0.1, -0.05) is 34.8 Å². The van der Waals surface area contributed by atoms with Crippen molar-refractivity contribution in [1.29, 1.82) is 0 Å². The van der Waals surface area contributed by atoms with Crippen LogP contribution in [0.5, 0.6) is 0 Å². The van der Waals surface area contributed by atoms with Gasteiger partial charge in [-0.25, -0.2) is 9.37 Å². The van der Waals surface area contributed by atoms with Crippen molar-refractivity contribution in [3.05, 3.63) is 49.8 Å². The van der Waals surface area contributed by atoms with E-state index >= 15 is 0 Å². The number of anilines is 2. The summed E-state index contributed by atoms with van der Waals surface area (Å²) in [7, 11) is 0. The molecule has 0 radical (unpaired) electrons. The van der Waals surface area contributed by atoms with Crippen LogP contribution >= 0.6 is 50.7 Å². The predicted molar refractivity (Wildman–Crippen MR) is 76.6 cm³/mol. The van der Waals surface area contributed by atoms with E-state index in [2.05, 4.69) is 26.2 Å². The molecule has 0 bridgehead atoms. The van der Waals surface area contributed by atoms with Crippen molar-refractivity contribution in [2.24, 2.45) is 0 Å². The van der Waals surface area contributed by atoms with Crippen molar-refractivity contribution in [3.63, 3.8) is 0 Å². The van der Waals surface area contributed by atoms with Crippen LogP contribution in [-0.4, -0.2) is 4.98 Å². The summed E-state index contributed by atoms with van der Waals surface area (Å²) in [5, 5.41) is 3.60. The first-order chi connectivity index (χ1) is 8.49. The van der Waals surface area contributed by atoms with Gasteiger partial charge in [-0.3, -0.25) is 0 Å². The maximum Gasteiger partial charge on any atom is 0.167 e. The number of pyridine rings is 1. The van der Waals surface area contributed by atoms with Crippen LogP contribution in [0, 0.1) is 5.82 Å². The van der Waals surface area contributed by atoms with Gasteiger partial charge in [0.2, 0.25) is 0 Å². The van der Waals surface area contributed by atoms with Crippen LogP contribution in [-0.2, 0) is 0 Å². The van der Waals surface area contributed by atoms with E-state index in [1.807, 2.05) is 0 Å². The Kier molecular flexibility index (Phi) is 4.33. The molecule has 18 heavy (non-hydrogen) atoms. The number of nitrogens with one attached hydrogen (secondary N) is 1. The molecule has 0 amide bonds. The molecule has 7 heteroatoms. The van der Waals surface area contributed by atoms with Gasteiger partial charge in [-0.2, -0.15) is 0 Å². The van der Waals surface area contributed by atoms with Gasteiger partial charge in [0.25, 0.3) is 0 Å². The summed E-state index contributed by atoms with van der Waals surface area (Å²) < 4.78 is 14.2. The maximum absolute atomic E-state index is 13.6. The molecule has 0 atom stereocenters. The van der Waals surface area contributed by atoms with E-state index < -0.39 is 5.82 Å². The Balaban J connectivity index is 2.37. The Bertz CT molecular complexity index is 607. The van der Waals surface area contributed by atoms with Crippen molar-refractivity contribution in [2.45, 2.75) is 0 Å². The first kappa shape index (κ1) is 13.9. The molecule has 0 spiro atoms. The normalized spacial score (nSPS) is 10.5. The number of benzene rings is 1. The highest BCUT2D eigenvalue weighted by molar-refractivity contribution is 9.10. The third kappa shape index (κ3) is 2.88.